The molecule has 0 N–H and O–H groups in total. The maximum absolute atomic E-state index is 12.9. The smallest absolute Gasteiger partial charge is 0.255 e. The van der Waals surface area contributed by atoms with Crippen LogP contribution in [0.4, 0.5) is 0 Å². The molecule has 150 valence electrons. The van der Waals surface area contributed by atoms with Gasteiger partial charge in [-0.2, -0.15) is 0 Å². The molecule has 0 unspecified atom stereocenters. The topological polar surface area (TPSA) is 72.6 Å². The number of amides is 1. The number of fused-ring (bicyclic) bond motifs is 1. The van der Waals surface area contributed by atoms with Crippen LogP contribution in [0, 0.1) is 6.92 Å². The van der Waals surface area contributed by atoms with Crippen LogP contribution in [0.2, 0.25) is 0 Å². The van der Waals surface area contributed by atoms with Crippen LogP contribution >= 0.6 is 0 Å². The van der Waals surface area contributed by atoms with Crippen LogP contribution in [0.25, 0.3) is 16.6 Å². The molecule has 4 aromatic rings. The van der Waals surface area contributed by atoms with E-state index in [1.54, 1.807) is 21.8 Å². The highest BCUT2D eigenvalue weighted by Crippen LogP contribution is 2.27. The highest BCUT2D eigenvalue weighted by atomic mass is 16.5. The van der Waals surface area contributed by atoms with Crippen molar-refractivity contribution >= 4 is 11.4 Å². The maximum atomic E-state index is 12.9. The summed E-state index contributed by atoms with van der Waals surface area (Å²) in [5.74, 6) is -0.0395. The van der Waals surface area contributed by atoms with Gasteiger partial charge in [-0.05, 0) is 30.2 Å². The quantitative estimate of drug-likeness (QED) is 0.528. The Balaban J connectivity index is 1.40. The number of nitrogens with zero attached hydrogens (tertiary/aromatic N) is 5. The average molecular weight is 399 g/mol. The van der Waals surface area contributed by atoms with Crippen LogP contribution in [0.15, 0.2) is 67.1 Å². The fraction of sp³-hybridized carbons (Fsp3) is 0.217. The molecule has 30 heavy (non-hydrogen) atoms. The number of benzene rings is 1. The largest absolute Gasteiger partial charge is 0.368 e. The zero-order valence-electron chi connectivity index (χ0n) is 16.6. The first-order valence-electron chi connectivity index (χ1n) is 9.92. The first-order chi connectivity index (χ1) is 14.7. The molecule has 1 aromatic carbocycles. The molecule has 1 aliphatic heterocycles. The Morgan fingerprint density at radius 3 is 2.80 bits per heavy atom. The number of pyridine rings is 2. The van der Waals surface area contributed by atoms with Crippen molar-refractivity contribution in [2.75, 3.05) is 19.7 Å². The van der Waals surface area contributed by atoms with Crippen molar-refractivity contribution in [3.63, 3.8) is 0 Å². The zero-order valence-corrected chi connectivity index (χ0v) is 16.6. The van der Waals surface area contributed by atoms with Crippen LogP contribution in [0.5, 0.6) is 0 Å². The third kappa shape index (κ3) is 3.44. The summed E-state index contributed by atoms with van der Waals surface area (Å²) in [6, 6.07) is 16.1. The van der Waals surface area contributed by atoms with Crippen LogP contribution in [-0.4, -0.2) is 50.3 Å². The number of hydrogen-bond acceptors (Lipinski definition) is 5. The first-order valence-corrected chi connectivity index (χ1v) is 9.92. The van der Waals surface area contributed by atoms with E-state index in [-0.39, 0.29) is 12.0 Å². The van der Waals surface area contributed by atoms with Crippen LogP contribution < -0.4 is 0 Å². The summed E-state index contributed by atoms with van der Waals surface area (Å²) < 4.78 is 7.73. The molecule has 4 heterocycles. The number of aryl methyl sites for hydroxylation is 1. The molecule has 1 atom stereocenters. The van der Waals surface area contributed by atoms with E-state index in [1.165, 1.54) is 0 Å². The molecule has 1 saturated heterocycles. The summed E-state index contributed by atoms with van der Waals surface area (Å²) in [5, 5.41) is 8.66. The van der Waals surface area contributed by atoms with E-state index in [0.29, 0.717) is 25.3 Å². The van der Waals surface area contributed by atoms with Gasteiger partial charge in [0.15, 0.2) is 0 Å². The Kier molecular flexibility index (Phi) is 4.72. The fourth-order valence-corrected chi connectivity index (χ4v) is 3.80. The Labute approximate surface area is 173 Å². The molecule has 5 rings (SSSR count). The summed E-state index contributed by atoms with van der Waals surface area (Å²) in [7, 11) is 0. The lowest BCUT2D eigenvalue weighted by Gasteiger charge is -2.32. The monoisotopic (exact) mass is 399 g/mol. The SMILES string of the molecule is Cc1cncc(C(=O)N2CCO[C@H](c3nnn4cc(-c5ccccc5)ccc34)C2)c1. The van der Waals surface area contributed by atoms with Gasteiger partial charge in [-0.1, -0.05) is 41.6 Å². The van der Waals surface area contributed by atoms with Gasteiger partial charge in [-0.25, -0.2) is 4.52 Å². The highest BCUT2D eigenvalue weighted by molar-refractivity contribution is 5.94. The number of carbonyl (C=O) groups is 1. The molecule has 0 spiro atoms. The lowest BCUT2D eigenvalue weighted by molar-refractivity contribution is -0.0241. The Morgan fingerprint density at radius 1 is 1.10 bits per heavy atom. The van der Waals surface area contributed by atoms with E-state index in [9.17, 15) is 4.79 Å². The lowest BCUT2D eigenvalue weighted by atomic mass is 10.1. The van der Waals surface area contributed by atoms with Crippen LogP contribution in [0.1, 0.15) is 27.7 Å². The zero-order chi connectivity index (χ0) is 20.5. The van der Waals surface area contributed by atoms with Crippen molar-refractivity contribution in [3.05, 3.63) is 83.9 Å². The van der Waals surface area contributed by atoms with E-state index in [0.717, 1.165) is 27.9 Å². The molecular weight excluding hydrogens is 378 g/mol. The summed E-state index contributed by atoms with van der Waals surface area (Å²) in [6.07, 6.45) is 5.00. The summed E-state index contributed by atoms with van der Waals surface area (Å²) >= 11 is 0. The van der Waals surface area contributed by atoms with Crippen molar-refractivity contribution < 1.29 is 9.53 Å². The van der Waals surface area contributed by atoms with E-state index < -0.39 is 0 Å². The lowest BCUT2D eigenvalue weighted by Crippen LogP contribution is -2.42. The second kappa shape index (κ2) is 7.68. The van der Waals surface area contributed by atoms with E-state index in [4.69, 9.17) is 4.74 Å². The van der Waals surface area contributed by atoms with Gasteiger partial charge in [-0.3, -0.25) is 9.78 Å². The van der Waals surface area contributed by atoms with Crippen molar-refractivity contribution in [2.45, 2.75) is 13.0 Å². The van der Waals surface area contributed by atoms with E-state index in [1.807, 2.05) is 43.5 Å². The predicted octanol–water partition coefficient (Wildman–Crippen LogP) is 3.31. The molecule has 0 radical (unpaired) electrons. The van der Waals surface area contributed by atoms with E-state index >= 15 is 0 Å². The third-order valence-electron chi connectivity index (χ3n) is 5.33. The minimum atomic E-state index is -0.319. The second-order valence-corrected chi connectivity index (χ2v) is 7.45. The standard InChI is InChI=1S/C23H21N5O2/c1-16-11-19(13-24-12-16)23(29)27-9-10-30-21(15-27)22-20-8-7-18(14-28(20)26-25-22)17-5-3-2-4-6-17/h2-8,11-14,21H,9-10,15H2,1H3/t21-/m0/s1. The highest BCUT2D eigenvalue weighted by Gasteiger charge is 2.29. The van der Waals surface area contributed by atoms with Gasteiger partial charge in [0.05, 0.1) is 24.2 Å². The number of hydrogen-bond donors (Lipinski definition) is 0. The van der Waals surface area contributed by atoms with Gasteiger partial charge in [0.25, 0.3) is 5.91 Å². The van der Waals surface area contributed by atoms with Crippen molar-refractivity contribution in [3.8, 4) is 11.1 Å². The predicted molar refractivity (Wildman–Crippen MR) is 112 cm³/mol. The minimum absolute atomic E-state index is 0.0395. The second-order valence-electron chi connectivity index (χ2n) is 7.45. The number of carbonyl (C=O) groups excluding carboxylic acids is 1. The molecule has 1 amide bonds. The van der Waals surface area contributed by atoms with Crippen molar-refractivity contribution in [1.29, 1.82) is 0 Å². The van der Waals surface area contributed by atoms with Crippen molar-refractivity contribution in [2.24, 2.45) is 0 Å². The number of ether oxygens (including phenoxy) is 1. The number of aromatic nitrogens is 4. The van der Waals surface area contributed by atoms with Gasteiger partial charge in [-0.15, -0.1) is 5.10 Å². The molecular formula is C23H21N5O2. The normalized spacial score (nSPS) is 16.7. The summed E-state index contributed by atoms with van der Waals surface area (Å²) in [4.78, 5) is 18.9. The first kappa shape index (κ1) is 18.4. The third-order valence-corrected chi connectivity index (χ3v) is 5.33. The average Bonchev–Trinajstić information content (AvgIpc) is 3.22. The molecule has 7 nitrogen and oxygen atoms in total. The molecule has 0 bridgehead atoms. The van der Waals surface area contributed by atoms with Gasteiger partial charge in [0.2, 0.25) is 0 Å². The maximum Gasteiger partial charge on any atom is 0.255 e. The van der Waals surface area contributed by atoms with Crippen LogP contribution in [-0.2, 0) is 4.74 Å². The molecule has 0 saturated carbocycles. The molecule has 7 heteroatoms. The van der Waals surface area contributed by atoms with Gasteiger partial charge < -0.3 is 9.64 Å². The molecule has 1 fully saturated rings. The van der Waals surface area contributed by atoms with Crippen LogP contribution in [0.3, 0.4) is 0 Å². The minimum Gasteiger partial charge on any atom is -0.368 e. The molecule has 1 aliphatic rings. The summed E-state index contributed by atoms with van der Waals surface area (Å²) in [6.45, 7) is 3.36. The Bertz CT molecular complexity index is 1200. The van der Waals surface area contributed by atoms with E-state index in [2.05, 4.69) is 33.5 Å². The number of morpholine rings is 1. The van der Waals surface area contributed by atoms with Crippen molar-refractivity contribution in [1.82, 2.24) is 24.7 Å². The van der Waals surface area contributed by atoms with Gasteiger partial charge in [0, 0.05) is 30.7 Å². The van der Waals surface area contributed by atoms with Gasteiger partial charge >= 0.3 is 0 Å². The Hall–Kier alpha value is -3.58. The number of rotatable bonds is 3. The molecule has 0 aliphatic carbocycles. The fourth-order valence-electron chi connectivity index (χ4n) is 3.80. The van der Waals surface area contributed by atoms with Gasteiger partial charge in [0.1, 0.15) is 11.8 Å². The molecule has 3 aromatic heterocycles. The Morgan fingerprint density at radius 2 is 1.97 bits per heavy atom. The summed E-state index contributed by atoms with van der Waals surface area (Å²) in [5.41, 5.74) is 5.36.